The number of hydrogen-bond acceptors (Lipinski definition) is 2. The number of aromatic nitrogens is 1. The SMILES string of the molecule is N#Cc1ccc(-c2cc(C(F)(F)F)c3n2CCC(F)(F)[C@H]3O)c(F)c1. The van der Waals surface area contributed by atoms with Crippen molar-refractivity contribution in [3.05, 3.63) is 46.9 Å². The summed E-state index contributed by atoms with van der Waals surface area (Å²) in [6, 6.07) is 5.39. The normalized spacial score (nSPS) is 19.4. The quantitative estimate of drug-likeness (QED) is 0.773. The van der Waals surface area contributed by atoms with Crippen LogP contribution in [0.2, 0.25) is 0 Å². The van der Waals surface area contributed by atoms with Gasteiger partial charge in [0.05, 0.1) is 28.6 Å². The van der Waals surface area contributed by atoms with Crippen molar-refractivity contribution in [3.8, 4) is 17.3 Å². The van der Waals surface area contributed by atoms with E-state index in [0.717, 1.165) is 16.7 Å². The molecule has 0 unspecified atom stereocenters. The topological polar surface area (TPSA) is 49.0 Å². The van der Waals surface area contributed by atoms with E-state index in [4.69, 9.17) is 5.26 Å². The monoisotopic (exact) mass is 360 g/mol. The van der Waals surface area contributed by atoms with Crippen molar-refractivity contribution in [1.29, 1.82) is 5.26 Å². The van der Waals surface area contributed by atoms with Gasteiger partial charge in [-0.3, -0.25) is 0 Å². The van der Waals surface area contributed by atoms with E-state index in [0.29, 0.717) is 6.07 Å². The van der Waals surface area contributed by atoms with Crippen LogP contribution in [-0.2, 0) is 12.7 Å². The van der Waals surface area contributed by atoms with Gasteiger partial charge < -0.3 is 9.67 Å². The minimum Gasteiger partial charge on any atom is -0.381 e. The van der Waals surface area contributed by atoms with Crippen molar-refractivity contribution in [2.75, 3.05) is 0 Å². The second-order valence-electron chi connectivity index (χ2n) is 5.70. The lowest BCUT2D eigenvalue weighted by Crippen LogP contribution is -2.36. The van der Waals surface area contributed by atoms with E-state index in [9.17, 15) is 31.4 Å². The molecule has 1 aliphatic rings. The number of hydrogen-bond donors (Lipinski definition) is 1. The summed E-state index contributed by atoms with van der Waals surface area (Å²) < 4.78 is 82.2. The Kier molecular flexibility index (Phi) is 3.84. The predicted molar refractivity (Wildman–Crippen MR) is 74.1 cm³/mol. The van der Waals surface area contributed by atoms with Gasteiger partial charge in [0.2, 0.25) is 0 Å². The summed E-state index contributed by atoms with van der Waals surface area (Å²) in [7, 11) is 0. The Balaban J connectivity index is 2.26. The molecular weight excluding hydrogens is 350 g/mol. The van der Waals surface area contributed by atoms with Gasteiger partial charge in [-0.15, -0.1) is 0 Å². The summed E-state index contributed by atoms with van der Waals surface area (Å²) in [5.74, 6) is -4.67. The molecule has 0 bridgehead atoms. The molecule has 0 saturated heterocycles. The molecule has 2 heterocycles. The standard InChI is InChI=1S/C16H10F6N2O/c17-11-5-8(7-23)1-2-9(11)12-6-10(16(20,21)22)13-14(25)15(18,19)3-4-24(12)13/h1-2,5-6,14,25H,3-4H2/t14-/m0/s1. The molecule has 1 aromatic heterocycles. The Morgan fingerprint density at radius 1 is 1.24 bits per heavy atom. The number of nitrogens with zero attached hydrogens (tertiary/aromatic N) is 2. The molecule has 132 valence electrons. The highest BCUT2D eigenvalue weighted by Gasteiger charge is 2.50. The van der Waals surface area contributed by atoms with Crippen LogP contribution in [0.4, 0.5) is 26.3 Å². The van der Waals surface area contributed by atoms with Gasteiger partial charge in [0.15, 0.2) is 6.10 Å². The molecule has 3 nitrogen and oxygen atoms in total. The van der Waals surface area contributed by atoms with Crippen LogP contribution in [0.3, 0.4) is 0 Å². The first kappa shape index (κ1) is 17.4. The Labute approximate surface area is 137 Å². The van der Waals surface area contributed by atoms with E-state index >= 15 is 0 Å². The molecule has 25 heavy (non-hydrogen) atoms. The van der Waals surface area contributed by atoms with Crippen LogP contribution in [0.1, 0.15) is 29.3 Å². The minimum atomic E-state index is -4.99. The molecule has 2 aromatic rings. The number of alkyl halides is 5. The van der Waals surface area contributed by atoms with Gasteiger partial charge in [0, 0.05) is 18.5 Å². The van der Waals surface area contributed by atoms with Gasteiger partial charge in [-0.05, 0) is 24.3 Å². The highest BCUT2D eigenvalue weighted by molar-refractivity contribution is 5.65. The third-order valence-corrected chi connectivity index (χ3v) is 4.15. The van der Waals surface area contributed by atoms with Gasteiger partial charge in [-0.2, -0.15) is 18.4 Å². The maximum Gasteiger partial charge on any atom is 0.418 e. The molecule has 9 heteroatoms. The van der Waals surface area contributed by atoms with Crippen molar-refractivity contribution in [2.24, 2.45) is 0 Å². The fourth-order valence-corrected chi connectivity index (χ4v) is 2.94. The van der Waals surface area contributed by atoms with Crippen LogP contribution in [0, 0.1) is 17.1 Å². The van der Waals surface area contributed by atoms with Crippen molar-refractivity contribution < 1.29 is 31.4 Å². The predicted octanol–water partition coefficient (Wildman–Crippen LogP) is 4.26. The Hall–Kier alpha value is -2.47. The van der Waals surface area contributed by atoms with E-state index in [1.54, 1.807) is 6.07 Å². The maximum absolute atomic E-state index is 14.2. The van der Waals surface area contributed by atoms with Crippen molar-refractivity contribution in [3.63, 3.8) is 0 Å². The molecule has 1 aliphatic heterocycles. The maximum atomic E-state index is 14.2. The number of benzene rings is 1. The average molecular weight is 360 g/mol. The fourth-order valence-electron chi connectivity index (χ4n) is 2.94. The summed E-state index contributed by atoms with van der Waals surface area (Å²) in [5.41, 5.74) is -3.00. The van der Waals surface area contributed by atoms with E-state index in [1.807, 2.05) is 0 Å². The average Bonchev–Trinajstić information content (AvgIpc) is 2.91. The van der Waals surface area contributed by atoms with E-state index in [-0.39, 0.29) is 16.8 Å². The second-order valence-corrected chi connectivity index (χ2v) is 5.70. The molecule has 1 aromatic carbocycles. The largest absolute Gasteiger partial charge is 0.418 e. The summed E-state index contributed by atoms with van der Waals surface area (Å²) >= 11 is 0. The summed E-state index contributed by atoms with van der Waals surface area (Å²) in [6.45, 7) is -0.510. The lowest BCUT2D eigenvalue weighted by atomic mass is 9.99. The number of fused-ring (bicyclic) bond motifs is 1. The smallest absolute Gasteiger partial charge is 0.381 e. The van der Waals surface area contributed by atoms with Gasteiger partial charge in [0.25, 0.3) is 5.92 Å². The van der Waals surface area contributed by atoms with Gasteiger partial charge in [-0.25, -0.2) is 13.2 Å². The molecular formula is C16H10F6N2O. The summed E-state index contributed by atoms with van der Waals surface area (Å²) in [5, 5.41) is 18.5. The number of aliphatic hydroxyl groups is 1. The molecule has 0 fully saturated rings. The van der Waals surface area contributed by atoms with Crippen LogP contribution in [-0.4, -0.2) is 15.6 Å². The number of halogens is 6. The lowest BCUT2D eigenvalue weighted by molar-refractivity contribution is -0.152. The first-order valence-electron chi connectivity index (χ1n) is 7.13. The zero-order chi connectivity index (χ0) is 18.6. The number of rotatable bonds is 1. The van der Waals surface area contributed by atoms with Crippen LogP contribution < -0.4 is 0 Å². The third-order valence-electron chi connectivity index (χ3n) is 4.15. The van der Waals surface area contributed by atoms with E-state index < -0.39 is 48.2 Å². The number of nitriles is 1. The van der Waals surface area contributed by atoms with E-state index in [1.165, 1.54) is 6.07 Å². The van der Waals surface area contributed by atoms with Crippen LogP contribution in [0.15, 0.2) is 24.3 Å². The lowest BCUT2D eigenvalue weighted by Gasteiger charge is -2.31. The highest BCUT2D eigenvalue weighted by Crippen LogP contribution is 2.47. The highest BCUT2D eigenvalue weighted by atomic mass is 19.4. The first-order chi connectivity index (χ1) is 11.6. The molecule has 0 spiro atoms. The second kappa shape index (κ2) is 5.52. The fraction of sp³-hybridized carbons (Fsp3) is 0.312. The molecule has 0 radical (unpaired) electrons. The number of aliphatic hydroxyl groups excluding tert-OH is 1. The Bertz CT molecular complexity index is 878. The summed E-state index contributed by atoms with van der Waals surface area (Å²) in [4.78, 5) is 0. The Morgan fingerprint density at radius 3 is 2.48 bits per heavy atom. The van der Waals surface area contributed by atoms with Crippen molar-refractivity contribution in [1.82, 2.24) is 4.57 Å². The van der Waals surface area contributed by atoms with Gasteiger partial charge >= 0.3 is 6.18 Å². The van der Waals surface area contributed by atoms with Gasteiger partial charge in [-0.1, -0.05) is 0 Å². The third kappa shape index (κ3) is 2.76. The molecule has 1 atom stereocenters. The zero-order valence-electron chi connectivity index (χ0n) is 12.4. The molecule has 0 saturated carbocycles. The molecule has 1 N–H and O–H groups in total. The Morgan fingerprint density at radius 2 is 1.92 bits per heavy atom. The molecule has 0 amide bonds. The van der Waals surface area contributed by atoms with Gasteiger partial charge in [0.1, 0.15) is 5.82 Å². The first-order valence-corrected chi connectivity index (χ1v) is 7.13. The van der Waals surface area contributed by atoms with Crippen LogP contribution in [0.25, 0.3) is 11.3 Å². The minimum absolute atomic E-state index is 0.0331. The van der Waals surface area contributed by atoms with Crippen molar-refractivity contribution >= 4 is 0 Å². The van der Waals surface area contributed by atoms with Crippen LogP contribution >= 0.6 is 0 Å². The zero-order valence-corrected chi connectivity index (χ0v) is 12.4. The molecule has 0 aliphatic carbocycles. The molecule has 3 rings (SSSR count). The van der Waals surface area contributed by atoms with Crippen LogP contribution in [0.5, 0.6) is 0 Å². The van der Waals surface area contributed by atoms with Crippen molar-refractivity contribution in [2.45, 2.75) is 31.2 Å². The summed E-state index contributed by atoms with van der Waals surface area (Å²) in [6.07, 6.45) is -8.52. The van der Waals surface area contributed by atoms with E-state index in [2.05, 4.69) is 0 Å².